The molecule has 2 aliphatic rings. The van der Waals surface area contributed by atoms with Gasteiger partial charge in [0.25, 0.3) is 0 Å². The number of nitrogens with one attached hydrogen (secondary N) is 2. The van der Waals surface area contributed by atoms with Crippen LogP contribution in [0.25, 0.3) is 11.2 Å². The molecule has 2 aromatic rings. The Balaban J connectivity index is 1.40. The van der Waals surface area contributed by atoms with Gasteiger partial charge in [0, 0.05) is 30.7 Å². The summed E-state index contributed by atoms with van der Waals surface area (Å²) in [6, 6.07) is -1.25. The molecule has 0 aromatic carbocycles. The molecule has 2 saturated heterocycles. The van der Waals surface area contributed by atoms with Crippen molar-refractivity contribution in [3.8, 4) is 0 Å². The van der Waals surface area contributed by atoms with Crippen molar-refractivity contribution in [3.05, 3.63) is 12.7 Å². The van der Waals surface area contributed by atoms with E-state index >= 15 is 0 Å². The van der Waals surface area contributed by atoms with Crippen LogP contribution in [-0.4, -0.2) is 173 Å². The summed E-state index contributed by atoms with van der Waals surface area (Å²) in [5.74, 6) is -1.02. The second kappa shape index (κ2) is 22.0. The Kier molecular flexibility index (Phi) is 18.5. The highest BCUT2D eigenvalue weighted by Gasteiger charge is 2.53. The number of aliphatic hydroxyl groups is 4. The van der Waals surface area contributed by atoms with Crippen LogP contribution >= 0.6 is 36.1 Å². The number of aromatic nitrogens is 4. The summed E-state index contributed by atoms with van der Waals surface area (Å²) >= 11 is 3.96. The monoisotopic (exact) mass is 970 g/mol. The molecule has 4 heterocycles. The van der Waals surface area contributed by atoms with Gasteiger partial charge in [-0.1, -0.05) is 13.8 Å². The molecule has 0 aliphatic carbocycles. The number of hydrogen-bond acceptors (Lipinski definition) is 24. The summed E-state index contributed by atoms with van der Waals surface area (Å²) in [6.07, 6.45) is -13.3. The Morgan fingerprint density at radius 3 is 2.26 bits per heavy atom. The summed E-state index contributed by atoms with van der Waals surface area (Å²) in [7, 11) is -15.9. The van der Waals surface area contributed by atoms with Crippen molar-refractivity contribution in [1.82, 2.24) is 30.2 Å². The van der Waals surface area contributed by atoms with E-state index in [9.17, 15) is 63.2 Å². The largest absolute Gasteiger partial charge is 0.481 e. The number of nitrogen functional groups attached to an aromatic ring is 1. The lowest BCUT2D eigenvalue weighted by molar-refractivity contribution is -0.219. The smallest absolute Gasteiger partial charge is 0.387 e. The molecular weight excluding hydrogens is 921 g/mol. The van der Waals surface area contributed by atoms with Gasteiger partial charge in [-0.2, -0.15) is 16.9 Å². The van der Waals surface area contributed by atoms with Crippen molar-refractivity contribution in [2.75, 3.05) is 51.0 Å². The Morgan fingerprint density at radius 1 is 0.952 bits per heavy atom. The van der Waals surface area contributed by atoms with Gasteiger partial charge in [-0.15, -0.1) is 0 Å². The number of nitrogens with two attached hydrogens (primary N) is 2. The van der Waals surface area contributed by atoms with Crippen LogP contribution in [0.1, 0.15) is 26.5 Å². The van der Waals surface area contributed by atoms with Crippen LogP contribution in [0.15, 0.2) is 12.7 Å². The highest BCUT2D eigenvalue weighted by atomic mass is 32.1. The van der Waals surface area contributed by atoms with Gasteiger partial charge in [0.1, 0.15) is 60.9 Å². The summed E-state index contributed by atoms with van der Waals surface area (Å²) < 4.78 is 79.7. The topological polar surface area (TPSA) is 438 Å². The zero-order valence-corrected chi connectivity index (χ0v) is 36.3. The number of aliphatic hydroxyl groups excluding tert-OH is 4. The molecule has 0 saturated carbocycles. The van der Waals surface area contributed by atoms with Gasteiger partial charge in [-0.25, -0.2) is 28.6 Å². The molecule has 13 N–H and O–H groups in total. The van der Waals surface area contributed by atoms with Crippen molar-refractivity contribution in [2.24, 2.45) is 11.1 Å². The fourth-order valence-electron chi connectivity index (χ4n) is 5.53. The minimum absolute atomic E-state index is 0.0180. The number of nitrogens with zero attached hydrogens (tertiary/aromatic N) is 4. The van der Waals surface area contributed by atoms with Crippen LogP contribution in [0.3, 0.4) is 0 Å². The zero-order valence-electron chi connectivity index (χ0n) is 32.7. The van der Waals surface area contributed by atoms with Crippen molar-refractivity contribution >= 4 is 71.2 Å². The number of amides is 2. The van der Waals surface area contributed by atoms with E-state index in [2.05, 4.69) is 47.0 Å². The second-order valence-corrected chi connectivity index (χ2v) is 19.2. The third-order valence-corrected chi connectivity index (χ3v) is 12.6. The molecule has 2 aromatic heterocycles. The Labute approximate surface area is 356 Å². The van der Waals surface area contributed by atoms with Gasteiger partial charge in [0.15, 0.2) is 24.0 Å². The molecule has 2 fully saturated rings. The summed E-state index contributed by atoms with van der Waals surface area (Å²) in [5.41, 5.74) is 9.70. The van der Waals surface area contributed by atoms with E-state index in [-0.39, 0.29) is 42.1 Å². The molecule has 2 amide bonds. The number of thiol groups is 1. The molecule has 62 heavy (non-hydrogen) atoms. The molecule has 33 heteroatoms. The van der Waals surface area contributed by atoms with Gasteiger partial charge in [0.2, 0.25) is 11.8 Å². The van der Waals surface area contributed by atoms with Crippen LogP contribution in [0.4, 0.5) is 5.82 Å². The highest BCUT2D eigenvalue weighted by molar-refractivity contribution is 7.80. The minimum atomic E-state index is -5.59. The standard InChI is InChI=1S/C29H49N8O21P3S/c1-29(2,23(43)26(44)33-4-3-17(39)32-5-6-62)11-54-61(49,50)58-60(47,48)53-10-16-20(41)22(27(55-16)37-13-36-18-24(31)34-12-35-25(18)37)57-28-21(42)19(40)15(56-28)9-52-59(45,46)51-8-14(30)7-38/h7,12-16,19-23,27-28,40-43,62H,3-6,8-11,30H2,1-2H3,(H,32,39)(H,33,44)(H,45,46)(H,47,48)(H,49,50)(H2,31,34,35). The molecular formula is C29H49N8O21P3S. The van der Waals surface area contributed by atoms with Crippen LogP contribution in [0.2, 0.25) is 0 Å². The average Bonchev–Trinajstić information content (AvgIpc) is 3.86. The van der Waals surface area contributed by atoms with E-state index in [1.807, 2.05) is 0 Å². The summed E-state index contributed by atoms with van der Waals surface area (Å²) in [5, 5.41) is 48.2. The first-order valence-corrected chi connectivity index (χ1v) is 23.3. The van der Waals surface area contributed by atoms with Gasteiger partial charge in [0.05, 0.1) is 38.8 Å². The van der Waals surface area contributed by atoms with E-state index in [1.165, 1.54) is 18.4 Å². The molecule has 2 aliphatic heterocycles. The lowest BCUT2D eigenvalue weighted by Crippen LogP contribution is -2.46. The number of aldehydes is 1. The van der Waals surface area contributed by atoms with E-state index in [0.29, 0.717) is 12.3 Å². The number of carbonyl (C=O) groups is 3. The molecule has 0 radical (unpaired) electrons. The number of anilines is 1. The number of phosphoric ester groups is 3. The third-order valence-electron chi connectivity index (χ3n) is 8.87. The van der Waals surface area contributed by atoms with Crippen molar-refractivity contribution in [2.45, 2.75) is 81.6 Å². The summed E-state index contributed by atoms with van der Waals surface area (Å²) in [6.45, 7) is -0.868. The molecule has 4 rings (SSSR count). The van der Waals surface area contributed by atoms with Gasteiger partial charge in [-0.3, -0.25) is 32.3 Å². The normalized spacial score (nSPS) is 28.1. The number of phosphoric acid groups is 3. The fourth-order valence-corrected chi connectivity index (χ4v) is 8.67. The Hall–Kier alpha value is -2.64. The first kappa shape index (κ1) is 52.0. The number of hydrogen-bond donors (Lipinski definition) is 12. The summed E-state index contributed by atoms with van der Waals surface area (Å²) in [4.78, 5) is 77.5. The minimum Gasteiger partial charge on any atom is -0.387 e. The Bertz CT molecular complexity index is 2000. The van der Waals surface area contributed by atoms with Crippen LogP contribution < -0.4 is 22.1 Å². The predicted molar refractivity (Wildman–Crippen MR) is 208 cm³/mol. The maximum Gasteiger partial charge on any atom is 0.481 e. The number of fused-ring (bicyclic) bond motifs is 1. The quantitative estimate of drug-likeness (QED) is 0.0259. The second-order valence-electron chi connectivity index (χ2n) is 14.2. The average molecular weight is 971 g/mol. The van der Waals surface area contributed by atoms with Crippen molar-refractivity contribution in [1.29, 1.82) is 0 Å². The highest BCUT2D eigenvalue weighted by Crippen LogP contribution is 2.61. The molecule has 29 nitrogen and oxygen atoms in total. The van der Waals surface area contributed by atoms with E-state index in [1.54, 1.807) is 0 Å². The first-order valence-electron chi connectivity index (χ1n) is 18.2. The van der Waals surface area contributed by atoms with E-state index in [0.717, 1.165) is 12.7 Å². The SMILES string of the molecule is CC(C)(COP(=O)(O)OP(=O)(O)OCC1OC(n2cnc3c(N)ncnc32)C(OC2OC(COP(=O)(O)OCC(N)C=O)C(O)C2O)C1O)C(O)C(=O)NCCC(=O)NCCS. The lowest BCUT2D eigenvalue weighted by atomic mass is 9.87. The van der Waals surface area contributed by atoms with Crippen LogP contribution in [0, 0.1) is 5.41 Å². The zero-order chi connectivity index (χ0) is 46.2. The van der Waals surface area contributed by atoms with E-state index in [4.69, 9.17) is 39.2 Å². The Morgan fingerprint density at radius 2 is 1.60 bits per heavy atom. The number of imidazole rings is 1. The van der Waals surface area contributed by atoms with Crippen LogP contribution in [-0.2, 0) is 64.7 Å². The molecule has 13 atom stereocenters. The van der Waals surface area contributed by atoms with Crippen molar-refractivity contribution < 1.29 is 99.8 Å². The number of carbonyl (C=O) groups excluding carboxylic acids is 3. The van der Waals surface area contributed by atoms with E-state index < -0.39 is 123 Å². The lowest BCUT2D eigenvalue weighted by Gasteiger charge is -2.30. The predicted octanol–water partition coefficient (Wildman–Crippen LogP) is -3.65. The fraction of sp³-hybridized carbons (Fsp3) is 0.724. The number of rotatable bonds is 25. The first-order chi connectivity index (χ1) is 28.9. The molecule has 0 spiro atoms. The maximum absolute atomic E-state index is 12.9. The van der Waals surface area contributed by atoms with Crippen LogP contribution in [0.5, 0.6) is 0 Å². The van der Waals surface area contributed by atoms with Crippen molar-refractivity contribution in [3.63, 3.8) is 0 Å². The molecule has 0 bridgehead atoms. The maximum atomic E-state index is 12.9. The third kappa shape index (κ3) is 14.2. The molecule has 352 valence electrons. The molecule has 13 unspecified atom stereocenters. The van der Waals surface area contributed by atoms with Gasteiger partial charge in [-0.05, 0) is 0 Å². The van der Waals surface area contributed by atoms with Gasteiger partial charge < -0.3 is 76.2 Å². The van der Waals surface area contributed by atoms with Gasteiger partial charge >= 0.3 is 23.5 Å². The number of ether oxygens (including phenoxy) is 3.